The molecule has 2 N–H and O–H groups in total. The zero-order chi connectivity index (χ0) is 16.0. The number of aliphatic carboxylic acids is 1. The summed E-state index contributed by atoms with van der Waals surface area (Å²) in [4.78, 5) is 15.0. The molecule has 1 unspecified atom stereocenters. The van der Waals surface area contributed by atoms with Crippen LogP contribution in [0.3, 0.4) is 0 Å². The molecule has 0 fully saturated rings. The van der Waals surface area contributed by atoms with E-state index in [1.807, 2.05) is 31.2 Å². The van der Waals surface area contributed by atoms with Crippen LogP contribution in [0.5, 0.6) is 0 Å². The molecule has 1 aromatic heterocycles. The van der Waals surface area contributed by atoms with E-state index in [4.69, 9.17) is 27.9 Å². The average molecular weight is 342 g/mol. The number of aromatic amines is 1. The molecular weight excluding hydrogens is 325 g/mol. The molecule has 0 saturated heterocycles. The third kappa shape index (κ3) is 2.05. The number of benzene rings is 1. The Morgan fingerprint density at radius 2 is 2.18 bits per heavy atom. The SMILES string of the molecule is CCCC1(C(Cl)(Cl)C(=O)O)OCCc2c1[nH]c1ccccc21. The molecule has 2 heterocycles. The van der Waals surface area contributed by atoms with Crippen LogP contribution in [0.4, 0.5) is 0 Å². The van der Waals surface area contributed by atoms with Gasteiger partial charge >= 0.3 is 5.97 Å². The van der Waals surface area contributed by atoms with Gasteiger partial charge in [-0.3, -0.25) is 0 Å². The summed E-state index contributed by atoms with van der Waals surface area (Å²) in [6, 6.07) is 7.85. The first-order chi connectivity index (χ1) is 10.4. The maximum Gasteiger partial charge on any atom is 0.343 e. The fraction of sp³-hybridized carbons (Fsp3) is 0.438. The molecule has 0 aliphatic carbocycles. The van der Waals surface area contributed by atoms with Crippen LogP contribution in [-0.4, -0.2) is 27.0 Å². The third-order valence-electron chi connectivity index (χ3n) is 4.30. The number of ether oxygens (including phenoxy) is 1. The lowest BCUT2D eigenvalue weighted by molar-refractivity contribution is -0.151. The fourth-order valence-corrected chi connectivity index (χ4v) is 3.82. The Kier molecular flexibility index (Phi) is 3.87. The van der Waals surface area contributed by atoms with E-state index in [-0.39, 0.29) is 0 Å². The number of carboxylic acids is 1. The molecule has 1 aliphatic rings. The fourth-order valence-electron chi connectivity index (χ4n) is 3.33. The number of H-pyrrole nitrogens is 1. The van der Waals surface area contributed by atoms with Gasteiger partial charge in [0.1, 0.15) is 0 Å². The van der Waals surface area contributed by atoms with E-state index >= 15 is 0 Å². The number of rotatable bonds is 4. The monoisotopic (exact) mass is 341 g/mol. The summed E-state index contributed by atoms with van der Waals surface area (Å²) in [5.74, 6) is -1.30. The second-order valence-corrected chi connectivity index (χ2v) is 6.91. The highest BCUT2D eigenvalue weighted by Crippen LogP contribution is 2.51. The number of aromatic nitrogens is 1. The van der Waals surface area contributed by atoms with Crippen molar-refractivity contribution in [3.63, 3.8) is 0 Å². The van der Waals surface area contributed by atoms with Gasteiger partial charge in [0, 0.05) is 10.9 Å². The number of hydrogen-bond donors (Lipinski definition) is 2. The van der Waals surface area contributed by atoms with Crippen molar-refractivity contribution in [3.8, 4) is 0 Å². The second kappa shape index (κ2) is 5.44. The van der Waals surface area contributed by atoms with Gasteiger partial charge in [0.15, 0.2) is 5.60 Å². The molecule has 0 bridgehead atoms. The number of fused-ring (bicyclic) bond motifs is 3. The number of nitrogens with one attached hydrogen (secondary N) is 1. The molecule has 4 nitrogen and oxygen atoms in total. The van der Waals surface area contributed by atoms with Gasteiger partial charge in [-0.1, -0.05) is 54.7 Å². The Bertz CT molecular complexity index is 725. The molecule has 3 rings (SSSR count). The Balaban J connectivity index is 2.29. The first-order valence-corrected chi connectivity index (χ1v) is 8.05. The van der Waals surface area contributed by atoms with E-state index in [2.05, 4.69) is 4.98 Å². The Hall–Kier alpha value is -1.23. The normalized spacial score (nSPS) is 21.8. The minimum Gasteiger partial charge on any atom is -0.479 e. The summed E-state index contributed by atoms with van der Waals surface area (Å²) in [7, 11) is 0. The number of carboxylic acid groups (broad SMARTS) is 1. The Morgan fingerprint density at radius 3 is 2.86 bits per heavy atom. The van der Waals surface area contributed by atoms with Crippen LogP contribution >= 0.6 is 23.2 Å². The van der Waals surface area contributed by atoms with Crippen LogP contribution in [0, 0.1) is 0 Å². The smallest absolute Gasteiger partial charge is 0.343 e. The van der Waals surface area contributed by atoms with Gasteiger partial charge < -0.3 is 14.8 Å². The molecule has 0 spiro atoms. The van der Waals surface area contributed by atoms with Gasteiger partial charge in [-0.05, 0) is 24.5 Å². The summed E-state index contributed by atoms with van der Waals surface area (Å²) in [6.45, 7) is 2.34. The molecule has 1 atom stereocenters. The van der Waals surface area contributed by atoms with Crippen LogP contribution in [0.2, 0.25) is 0 Å². The van der Waals surface area contributed by atoms with Crippen LogP contribution < -0.4 is 0 Å². The molecule has 1 aliphatic heterocycles. The van der Waals surface area contributed by atoms with Crippen LogP contribution in [-0.2, 0) is 21.6 Å². The van der Waals surface area contributed by atoms with E-state index in [1.165, 1.54) is 0 Å². The highest BCUT2D eigenvalue weighted by Gasteiger charge is 2.59. The van der Waals surface area contributed by atoms with Gasteiger partial charge in [0.25, 0.3) is 0 Å². The van der Waals surface area contributed by atoms with Crippen molar-refractivity contribution in [3.05, 3.63) is 35.5 Å². The minimum absolute atomic E-state index is 0.392. The summed E-state index contributed by atoms with van der Waals surface area (Å²) in [5, 5.41) is 10.6. The lowest BCUT2D eigenvalue weighted by Crippen LogP contribution is -2.53. The van der Waals surface area contributed by atoms with Crippen molar-refractivity contribution in [1.82, 2.24) is 4.98 Å². The van der Waals surface area contributed by atoms with Crippen molar-refractivity contribution in [2.45, 2.75) is 36.1 Å². The summed E-state index contributed by atoms with van der Waals surface area (Å²) < 4.78 is 3.86. The highest BCUT2D eigenvalue weighted by atomic mass is 35.5. The maximum atomic E-state index is 11.7. The zero-order valence-electron chi connectivity index (χ0n) is 12.2. The number of para-hydroxylation sites is 1. The Labute approximate surface area is 138 Å². The highest BCUT2D eigenvalue weighted by molar-refractivity contribution is 6.58. The largest absolute Gasteiger partial charge is 0.479 e. The number of alkyl halides is 2. The molecule has 6 heteroatoms. The molecule has 0 radical (unpaired) electrons. The van der Waals surface area contributed by atoms with Crippen molar-refractivity contribution >= 4 is 40.1 Å². The van der Waals surface area contributed by atoms with E-state index in [0.29, 0.717) is 31.6 Å². The van der Waals surface area contributed by atoms with Gasteiger partial charge in [-0.15, -0.1) is 0 Å². The predicted molar refractivity (Wildman–Crippen MR) is 86.6 cm³/mol. The summed E-state index contributed by atoms with van der Waals surface area (Å²) in [5.41, 5.74) is 1.40. The van der Waals surface area contributed by atoms with Crippen molar-refractivity contribution in [2.24, 2.45) is 0 Å². The van der Waals surface area contributed by atoms with E-state index in [1.54, 1.807) is 0 Å². The quantitative estimate of drug-likeness (QED) is 0.826. The molecule has 118 valence electrons. The van der Waals surface area contributed by atoms with Gasteiger partial charge in [-0.25, -0.2) is 4.79 Å². The molecule has 1 aromatic carbocycles. The van der Waals surface area contributed by atoms with E-state index < -0.39 is 15.9 Å². The van der Waals surface area contributed by atoms with Gasteiger partial charge in [0.2, 0.25) is 4.33 Å². The summed E-state index contributed by atoms with van der Waals surface area (Å²) >= 11 is 12.5. The minimum atomic E-state index is -2.06. The van der Waals surface area contributed by atoms with Crippen LogP contribution in [0.1, 0.15) is 31.0 Å². The molecule has 0 saturated carbocycles. The topological polar surface area (TPSA) is 62.3 Å². The first-order valence-electron chi connectivity index (χ1n) is 7.29. The van der Waals surface area contributed by atoms with Crippen molar-refractivity contribution in [1.29, 1.82) is 0 Å². The van der Waals surface area contributed by atoms with Crippen LogP contribution in [0.25, 0.3) is 10.9 Å². The molecular formula is C16H17Cl2NO3. The van der Waals surface area contributed by atoms with E-state index in [0.717, 1.165) is 16.5 Å². The predicted octanol–water partition coefficient (Wildman–Crippen LogP) is 3.99. The molecule has 22 heavy (non-hydrogen) atoms. The lowest BCUT2D eigenvalue weighted by Gasteiger charge is -2.43. The maximum absolute atomic E-state index is 11.7. The van der Waals surface area contributed by atoms with Crippen LogP contribution in [0.15, 0.2) is 24.3 Å². The lowest BCUT2D eigenvalue weighted by atomic mass is 9.84. The number of carbonyl (C=O) groups is 1. The molecule has 0 amide bonds. The van der Waals surface area contributed by atoms with Crippen molar-refractivity contribution in [2.75, 3.05) is 6.61 Å². The molecule has 2 aromatic rings. The first kappa shape index (κ1) is 15.7. The summed E-state index contributed by atoms with van der Waals surface area (Å²) in [6.07, 6.45) is 1.82. The average Bonchev–Trinajstić information content (AvgIpc) is 2.87. The number of hydrogen-bond acceptors (Lipinski definition) is 2. The van der Waals surface area contributed by atoms with E-state index in [9.17, 15) is 9.90 Å². The standard InChI is InChI=1S/C16H17Cl2NO3/c1-2-8-15(16(17,18)14(20)21)13-11(7-9-22-15)10-5-3-4-6-12(10)19-13/h3-6,19H,2,7-9H2,1H3,(H,20,21). The van der Waals surface area contributed by atoms with Gasteiger partial charge in [0.05, 0.1) is 12.3 Å². The second-order valence-electron chi connectivity index (χ2n) is 5.58. The Morgan fingerprint density at radius 1 is 1.45 bits per heavy atom. The van der Waals surface area contributed by atoms with Gasteiger partial charge in [-0.2, -0.15) is 0 Å². The zero-order valence-corrected chi connectivity index (χ0v) is 13.7. The van der Waals surface area contributed by atoms with Crippen molar-refractivity contribution < 1.29 is 14.6 Å². The number of halogens is 2. The third-order valence-corrected chi connectivity index (χ3v) is 5.23.